The molecule has 0 atom stereocenters. The molecule has 3 aromatic rings. The highest BCUT2D eigenvalue weighted by Crippen LogP contribution is 2.29. The van der Waals surface area contributed by atoms with Crippen LogP contribution in [0.3, 0.4) is 0 Å². The molecule has 0 fully saturated rings. The summed E-state index contributed by atoms with van der Waals surface area (Å²) in [6, 6.07) is 7.49. The van der Waals surface area contributed by atoms with Gasteiger partial charge in [-0.3, -0.25) is 10.1 Å². The van der Waals surface area contributed by atoms with Crippen LogP contribution in [0.1, 0.15) is 5.56 Å². The summed E-state index contributed by atoms with van der Waals surface area (Å²) in [5.74, 6) is -13.3. The van der Waals surface area contributed by atoms with Gasteiger partial charge in [-0.1, -0.05) is 29.8 Å². The Hall–Kier alpha value is -3.01. The van der Waals surface area contributed by atoms with Gasteiger partial charge in [0.05, 0.1) is 5.69 Å². The molecule has 1 heterocycles. The van der Waals surface area contributed by atoms with Gasteiger partial charge in [-0.15, -0.1) is 11.3 Å². The third kappa shape index (κ3) is 3.96. The van der Waals surface area contributed by atoms with E-state index in [0.717, 1.165) is 22.5 Å². The molecule has 0 unspecified atom stereocenters. The number of ether oxygens (including phenoxy) is 1. The quantitative estimate of drug-likeness (QED) is 0.370. The maximum atomic E-state index is 13.5. The number of carbonyl (C=O) groups is 1. The number of carbonyl (C=O) groups excluding carboxylic acids is 1. The Morgan fingerprint density at radius 3 is 2.18 bits per heavy atom. The summed E-state index contributed by atoms with van der Waals surface area (Å²) in [6.45, 7) is 0.957. The molecule has 4 nitrogen and oxygen atoms in total. The number of nitrogens with zero attached hydrogens (tertiary/aromatic N) is 1. The highest BCUT2D eigenvalue weighted by molar-refractivity contribution is 7.14. The summed E-state index contributed by atoms with van der Waals surface area (Å²) >= 11 is 1.10. The topological polar surface area (TPSA) is 51.2 Å². The maximum Gasteiger partial charge on any atom is 0.264 e. The minimum absolute atomic E-state index is 0.182. The predicted molar refractivity (Wildman–Crippen MR) is 92.6 cm³/mol. The molecule has 28 heavy (non-hydrogen) atoms. The van der Waals surface area contributed by atoms with Gasteiger partial charge in [-0.2, -0.15) is 8.78 Å². The molecule has 10 heteroatoms. The number of anilines is 1. The van der Waals surface area contributed by atoms with Crippen LogP contribution in [0.4, 0.5) is 27.1 Å². The number of amides is 1. The van der Waals surface area contributed by atoms with Crippen LogP contribution < -0.4 is 10.1 Å². The van der Waals surface area contributed by atoms with Crippen molar-refractivity contribution in [2.75, 3.05) is 11.9 Å². The van der Waals surface area contributed by atoms with Crippen molar-refractivity contribution in [2.24, 2.45) is 0 Å². The lowest BCUT2D eigenvalue weighted by molar-refractivity contribution is -0.118. The van der Waals surface area contributed by atoms with Gasteiger partial charge in [0, 0.05) is 10.9 Å². The molecular formula is C18H11F5N2O2S. The van der Waals surface area contributed by atoms with Gasteiger partial charge in [0.15, 0.2) is 17.5 Å². The fourth-order valence-electron chi connectivity index (χ4n) is 2.19. The number of hydrogen-bond donors (Lipinski definition) is 1. The van der Waals surface area contributed by atoms with E-state index in [1.165, 1.54) is 0 Å². The summed E-state index contributed by atoms with van der Waals surface area (Å²) in [6.07, 6.45) is 0. The largest absolute Gasteiger partial charge is 0.477 e. The van der Waals surface area contributed by atoms with Gasteiger partial charge in [0.2, 0.25) is 29.1 Å². The minimum atomic E-state index is -2.31. The molecule has 0 radical (unpaired) electrons. The predicted octanol–water partition coefficient (Wildman–Crippen LogP) is 4.83. The fourth-order valence-corrected chi connectivity index (χ4v) is 2.93. The third-order valence-electron chi connectivity index (χ3n) is 3.61. The van der Waals surface area contributed by atoms with Crippen molar-refractivity contribution >= 4 is 22.4 Å². The Balaban J connectivity index is 1.67. The number of nitrogens with one attached hydrogen (secondary N) is 1. The van der Waals surface area contributed by atoms with Crippen LogP contribution in [0.5, 0.6) is 5.75 Å². The molecule has 0 spiro atoms. The number of rotatable bonds is 5. The van der Waals surface area contributed by atoms with E-state index in [4.69, 9.17) is 0 Å². The highest BCUT2D eigenvalue weighted by atomic mass is 32.1. The molecule has 1 N–H and O–H groups in total. The van der Waals surface area contributed by atoms with Gasteiger partial charge in [0.25, 0.3) is 5.91 Å². The first-order chi connectivity index (χ1) is 13.3. The van der Waals surface area contributed by atoms with Crippen molar-refractivity contribution in [3.05, 3.63) is 64.3 Å². The Morgan fingerprint density at radius 1 is 1.00 bits per heavy atom. The smallest absolute Gasteiger partial charge is 0.264 e. The highest BCUT2D eigenvalue weighted by Gasteiger charge is 2.27. The van der Waals surface area contributed by atoms with E-state index in [1.54, 1.807) is 5.38 Å². The molecule has 0 aliphatic carbocycles. The Labute approximate surface area is 159 Å². The number of aromatic nitrogens is 1. The van der Waals surface area contributed by atoms with E-state index >= 15 is 0 Å². The third-order valence-corrected chi connectivity index (χ3v) is 4.37. The zero-order chi connectivity index (χ0) is 20.4. The second-order valence-corrected chi connectivity index (χ2v) is 6.50. The Kier molecular flexibility index (Phi) is 5.59. The summed E-state index contributed by atoms with van der Waals surface area (Å²) < 4.78 is 70.7. The lowest BCUT2D eigenvalue weighted by Gasteiger charge is -2.09. The van der Waals surface area contributed by atoms with Crippen molar-refractivity contribution in [2.45, 2.75) is 6.92 Å². The number of hydrogen-bond acceptors (Lipinski definition) is 4. The molecule has 0 saturated carbocycles. The summed E-state index contributed by atoms with van der Waals surface area (Å²) in [4.78, 5) is 16.1. The second kappa shape index (κ2) is 7.93. The molecule has 3 rings (SSSR count). The van der Waals surface area contributed by atoms with E-state index < -0.39 is 47.3 Å². The van der Waals surface area contributed by atoms with Crippen LogP contribution in [-0.4, -0.2) is 17.5 Å². The van der Waals surface area contributed by atoms with Crippen LogP contribution in [0.2, 0.25) is 0 Å². The molecule has 1 amide bonds. The first kappa shape index (κ1) is 19.7. The maximum absolute atomic E-state index is 13.5. The summed E-state index contributed by atoms with van der Waals surface area (Å²) in [7, 11) is 0. The fraction of sp³-hybridized carbons (Fsp3) is 0.111. The number of thiazole rings is 1. The molecule has 1 aromatic heterocycles. The molecule has 0 bridgehead atoms. The minimum Gasteiger partial charge on any atom is -0.477 e. The van der Waals surface area contributed by atoms with Crippen molar-refractivity contribution in [3.63, 3.8) is 0 Å². The van der Waals surface area contributed by atoms with Gasteiger partial charge >= 0.3 is 0 Å². The van der Waals surface area contributed by atoms with Crippen LogP contribution in [-0.2, 0) is 4.79 Å². The van der Waals surface area contributed by atoms with Crippen molar-refractivity contribution in [1.82, 2.24) is 4.98 Å². The number of aryl methyl sites for hydroxylation is 1. The van der Waals surface area contributed by atoms with Gasteiger partial charge in [-0.05, 0) is 6.92 Å². The standard InChI is InChI=1S/C18H11F5N2O2S/c1-8-2-4-9(5-3-8)10-7-28-18(24-10)25-11(26)6-27-17-15(22)13(20)12(19)14(21)16(17)23/h2-5,7H,6H2,1H3,(H,24,25,26). The SMILES string of the molecule is Cc1ccc(-c2csc(NC(=O)COc3c(F)c(F)c(F)c(F)c3F)n2)cc1. The zero-order valence-electron chi connectivity index (χ0n) is 14.2. The van der Waals surface area contributed by atoms with E-state index in [0.29, 0.717) is 5.69 Å². The molecule has 146 valence electrons. The van der Waals surface area contributed by atoms with Gasteiger partial charge < -0.3 is 4.74 Å². The van der Waals surface area contributed by atoms with E-state index in [-0.39, 0.29) is 5.13 Å². The number of benzene rings is 2. The van der Waals surface area contributed by atoms with E-state index in [1.807, 2.05) is 31.2 Å². The average Bonchev–Trinajstić information content (AvgIpc) is 3.13. The zero-order valence-corrected chi connectivity index (χ0v) is 15.0. The van der Waals surface area contributed by atoms with Crippen molar-refractivity contribution in [1.29, 1.82) is 0 Å². The first-order valence-corrected chi connectivity index (χ1v) is 8.62. The Morgan fingerprint density at radius 2 is 1.57 bits per heavy atom. The van der Waals surface area contributed by atoms with E-state index in [9.17, 15) is 26.7 Å². The first-order valence-electron chi connectivity index (χ1n) is 7.74. The number of halogens is 5. The summed E-state index contributed by atoms with van der Waals surface area (Å²) in [5.41, 5.74) is 2.48. The Bertz CT molecular complexity index is 1010. The normalized spacial score (nSPS) is 10.8. The lowest BCUT2D eigenvalue weighted by Crippen LogP contribution is -2.21. The molecule has 2 aromatic carbocycles. The lowest BCUT2D eigenvalue weighted by atomic mass is 10.1. The van der Waals surface area contributed by atoms with Crippen LogP contribution in [0.25, 0.3) is 11.3 Å². The molecule has 0 aliphatic heterocycles. The monoisotopic (exact) mass is 414 g/mol. The molecule has 0 aliphatic rings. The van der Waals surface area contributed by atoms with E-state index in [2.05, 4.69) is 15.0 Å². The van der Waals surface area contributed by atoms with Crippen molar-refractivity contribution < 1.29 is 31.5 Å². The van der Waals surface area contributed by atoms with Crippen LogP contribution in [0.15, 0.2) is 29.6 Å². The molecule has 0 saturated heterocycles. The van der Waals surface area contributed by atoms with Crippen molar-refractivity contribution in [3.8, 4) is 17.0 Å². The summed E-state index contributed by atoms with van der Waals surface area (Å²) in [5, 5.41) is 4.20. The second-order valence-electron chi connectivity index (χ2n) is 5.64. The molecular weight excluding hydrogens is 403 g/mol. The van der Waals surface area contributed by atoms with Gasteiger partial charge in [0.1, 0.15) is 0 Å². The average molecular weight is 414 g/mol. The van der Waals surface area contributed by atoms with Crippen LogP contribution in [0, 0.1) is 36.0 Å². The van der Waals surface area contributed by atoms with Gasteiger partial charge in [-0.25, -0.2) is 18.2 Å². The van der Waals surface area contributed by atoms with Crippen LogP contribution >= 0.6 is 11.3 Å².